The minimum absolute atomic E-state index is 0.699. The summed E-state index contributed by atoms with van der Waals surface area (Å²) < 4.78 is 0. The first-order valence-electron chi connectivity index (χ1n) is 5.79. The van der Waals surface area contributed by atoms with E-state index in [9.17, 15) is 0 Å². The predicted octanol–water partition coefficient (Wildman–Crippen LogP) is 1.67. The highest BCUT2D eigenvalue weighted by molar-refractivity contribution is 7.98. The van der Waals surface area contributed by atoms with Crippen LogP contribution in [0.4, 0.5) is 0 Å². The third-order valence-corrected chi connectivity index (χ3v) is 4.44. The van der Waals surface area contributed by atoms with Crippen LogP contribution in [0.2, 0.25) is 0 Å². The van der Waals surface area contributed by atoms with Crippen LogP contribution < -0.4 is 5.32 Å². The zero-order chi connectivity index (χ0) is 10.1. The smallest absolute Gasteiger partial charge is 0.0697 e. The van der Waals surface area contributed by atoms with Gasteiger partial charge in [0.1, 0.15) is 0 Å². The van der Waals surface area contributed by atoms with Gasteiger partial charge in [0.2, 0.25) is 0 Å². The lowest BCUT2D eigenvalue weighted by Gasteiger charge is -2.22. The summed E-state index contributed by atoms with van der Waals surface area (Å²) in [6.07, 6.45) is 3.68. The number of fused-ring (bicyclic) bond motifs is 1. The Kier molecular flexibility index (Phi) is 2.71. The van der Waals surface area contributed by atoms with Crippen LogP contribution in [0.25, 0.3) is 0 Å². The Morgan fingerprint density at radius 1 is 1.27 bits per heavy atom. The molecule has 0 unspecified atom stereocenters. The van der Waals surface area contributed by atoms with Crippen LogP contribution in [0.5, 0.6) is 0 Å². The largest absolute Gasteiger partial charge is 0.317 e. The first-order valence-corrected chi connectivity index (χ1v) is 6.95. The highest BCUT2D eigenvalue weighted by Crippen LogP contribution is 2.33. The van der Waals surface area contributed by atoms with Crippen molar-refractivity contribution in [2.45, 2.75) is 30.9 Å². The molecule has 0 amide bonds. The summed E-state index contributed by atoms with van der Waals surface area (Å²) in [5.41, 5.74) is 4.30. The second-order valence-corrected chi connectivity index (χ2v) is 5.50. The van der Waals surface area contributed by atoms with Crippen molar-refractivity contribution in [3.8, 4) is 0 Å². The quantitative estimate of drug-likeness (QED) is 0.761. The van der Waals surface area contributed by atoms with E-state index in [0.29, 0.717) is 5.92 Å². The van der Waals surface area contributed by atoms with E-state index < -0.39 is 0 Å². The molecule has 0 aromatic carbocycles. The number of hydrogen-bond acceptors (Lipinski definition) is 3. The zero-order valence-corrected chi connectivity index (χ0v) is 9.70. The van der Waals surface area contributed by atoms with Gasteiger partial charge in [-0.05, 0) is 38.1 Å². The molecule has 1 aromatic heterocycles. The van der Waals surface area contributed by atoms with E-state index in [4.69, 9.17) is 0 Å². The van der Waals surface area contributed by atoms with E-state index in [1.807, 2.05) is 11.8 Å². The summed E-state index contributed by atoms with van der Waals surface area (Å²) in [5, 5.41) is 11.2. The standard InChI is InChI=1S/C11H17N3S/c1-4-12-5-2-8(1)11-9-7-15-6-3-10(9)13-14-11/h8,12H,1-7H2,(H,13,14). The first kappa shape index (κ1) is 9.73. The molecule has 2 aliphatic heterocycles. The second-order valence-electron chi connectivity index (χ2n) is 4.39. The van der Waals surface area contributed by atoms with Crippen molar-refractivity contribution < 1.29 is 0 Å². The number of aryl methyl sites for hydroxylation is 1. The van der Waals surface area contributed by atoms with Gasteiger partial charge >= 0.3 is 0 Å². The van der Waals surface area contributed by atoms with Crippen LogP contribution in [0.15, 0.2) is 0 Å². The van der Waals surface area contributed by atoms with Crippen molar-refractivity contribution in [1.29, 1.82) is 0 Å². The Labute approximate surface area is 94.4 Å². The minimum atomic E-state index is 0.699. The van der Waals surface area contributed by atoms with Crippen molar-refractivity contribution in [3.05, 3.63) is 17.0 Å². The van der Waals surface area contributed by atoms with Crippen molar-refractivity contribution in [2.24, 2.45) is 0 Å². The molecule has 15 heavy (non-hydrogen) atoms. The zero-order valence-electron chi connectivity index (χ0n) is 8.88. The molecule has 0 bridgehead atoms. The van der Waals surface area contributed by atoms with E-state index in [2.05, 4.69) is 15.5 Å². The Balaban J connectivity index is 1.87. The SMILES string of the molecule is C1CC(c2n[nH]c3c2CSCC3)CCN1. The first-order chi connectivity index (χ1) is 7.45. The predicted molar refractivity (Wildman–Crippen MR) is 63.3 cm³/mol. The average Bonchev–Trinajstić information content (AvgIpc) is 2.74. The molecule has 1 aromatic rings. The summed E-state index contributed by atoms with van der Waals surface area (Å²) in [6, 6.07) is 0. The number of aromatic nitrogens is 2. The number of nitrogens with one attached hydrogen (secondary N) is 2. The third kappa shape index (κ3) is 1.81. The highest BCUT2D eigenvalue weighted by atomic mass is 32.2. The van der Waals surface area contributed by atoms with Gasteiger partial charge in [-0.15, -0.1) is 0 Å². The van der Waals surface area contributed by atoms with Gasteiger partial charge in [0.15, 0.2) is 0 Å². The number of thioether (sulfide) groups is 1. The summed E-state index contributed by atoms with van der Waals surface area (Å²) >= 11 is 2.04. The van der Waals surface area contributed by atoms with Crippen molar-refractivity contribution >= 4 is 11.8 Å². The van der Waals surface area contributed by atoms with E-state index in [-0.39, 0.29) is 0 Å². The van der Waals surface area contributed by atoms with E-state index in [1.165, 1.54) is 47.7 Å². The molecule has 1 fully saturated rings. The van der Waals surface area contributed by atoms with E-state index in [1.54, 1.807) is 0 Å². The normalized spacial score (nSPS) is 22.7. The number of nitrogens with zero attached hydrogens (tertiary/aromatic N) is 1. The van der Waals surface area contributed by atoms with Gasteiger partial charge in [0.25, 0.3) is 0 Å². The molecule has 0 aliphatic carbocycles. The molecule has 0 atom stereocenters. The summed E-state index contributed by atoms with van der Waals surface area (Å²) in [6.45, 7) is 2.30. The van der Waals surface area contributed by atoms with Crippen LogP contribution in [-0.4, -0.2) is 29.0 Å². The number of rotatable bonds is 1. The maximum absolute atomic E-state index is 4.56. The minimum Gasteiger partial charge on any atom is -0.317 e. The molecular weight excluding hydrogens is 206 g/mol. The average molecular weight is 223 g/mol. The molecular formula is C11H17N3S. The third-order valence-electron chi connectivity index (χ3n) is 3.45. The van der Waals surface area contributed by atoms with Crippen LogP contribution in [-0.2, 0) is 12.2 Å². The van der Waals surface area contributed by atoms with Gasteiger partial charge in [-0.1, -0.05) is 0 Å². The van der Waals surface area contributed by atoms with Gasteiger partial charge in [-0.25, -0.2) is 0 Å². The molecule has 0 spiro atoms. The number of hydrogen-bond donors (Lipinski definition) is 2. The van der Waals surface area contributed by atoms with Gasteiger partial charge < -0.3 is 5.32 Å². The Hall–Kier alpha value is -0.480. The van der Waals surface area contributed by atoms with E-state index >= 15 is 0 Å². The summed E-state index contributed by atoms with van der Waals surface area (Å²) in [4.78, 5) is 0. The molecule has 1 saturated heterocycles. The van der Waals surface area contributed by atoms with E-state index in [0.717, 1.165) is 13.1 Å². The van der Waals surface area contributed by atoms with Gasteiger partial charge in [-0.3, -0.25) is 5.10 Å². The number of piperidine rings is 1. The molecule has 3 heterocycles. The van der Waals surface area contributed by atoms with Gasteiger partial charge in [-0.2, -0.15) is 16.9 Å². The monoisotopic (exact) mass is 223 g/mol. The maximum atomic E-state index is 4.56. The van der Waals surface area contributed by atoms with Gasteiger partial charge in [0.05, 0.1) is 5.69 Å². The second kappa shape index (κ2) is 4.18. The lowest BCUT2D eigenvalue weighted by Crippen LogP contribution is -2.27. The molecule has 3 rings (SSSR count). The van der Waals surface area contributed by atoms with Crippen LogP contribution >= 0.6 is 11.8 Å². The topological polar surface area (TPSA) is 40.7 Å². The lowest BCUT2D eigenvalue weighted by atomic mass is 9.91. The highest BCUT2D eigenvalue weighted by Gasteiger charge is 2.24. The Morgan fingerprint density at radius 2 is 2.13 bits per heavy atom. The fourth-order valence-corrected chi connectivity index (χ4v) is 3.59. The van der Waals surface area contributed by atoms with Crippen molar-refractivity contribution in [3.63, 3.8) is 0 Å². The summed E-state index contributed by atoms with van der Waals surface area (Å²) in [7, 11) is 0. The molecule has 0 saturated carbocycles. The number of H-pyrrole nitrogens is 1. The number of aromatic amines is 1. The molecule has 2 aliphatic rings. The fourth-order valence-electron chi connectivity index (χ4n) is 2.57. The molecule has 3 nitrogen and oxygen atoms in total. The molecule has 4 heteroatoms. The molecule has 82 valence electrons. The van der Waals surface area contributed by atoms with Gasteiger partial charge in [0, 0.05) is 22.9 Å². The Morgan fingerprint density at radius 3 is 3.00 bits per heavy atom. The fraction of sp³-hybridized carbons (Fsp3) is 0.727. The summed E-state index contributed by atoms with van der Waals surface area (Å²) in [5.74, 6) is 3.12. The van der Waals surface area contributed by atoms with Crippen LogP contribution in [0, 0.1) is 0 Å². The van der Waals surface area contributed by atoms with Crippen molar-refractivity contribution in [2.75, 3.05) is 18.8 Å². The van der Waals surface area contributed by atoms with Crippen molar-refractivity contribution in [1.82, 2.24) is 15.5 Å². The maximum Gasteiger partial charge on any atom is 0.0697 e. The molecule has 2 N–H and O–H groups in total. The van der Waals surface area contributed by atoms with Crippen LogP contribution in [0.1, 0.15) is 35.7 Å². The Bertz CT molecular complexity index is 342. The lowest BCUT2D eigenvalue weighted by molar-refractivity contribution is 0.451. The molecule has 0 radical (unpaired) electrons. The van der Waals surface area contributed by atoms with Crippen LogP contribution in [0.3, 0.4) is 0 Å².